The first-order chi connectivity index (χ1) is 6.95. The molecule has 0 aliphatic rings. The molecule has 0 aromatic rings. The maximum absolute atomic E-state index is 10.4. The Morgan fingerprint density at radius 1 is 1.20 bits per heavy atom. The highest BCUT2D eigenvalue weighted by Crippen LogP contribution is 2.08. The van der Waals surface area contributed by atoms with Crippen LogP contribution in [0.3, 0.4) is 0 Å². The van der Waals surface area contributed by atoms with Crippen molar-refractivity contribution >= 4 is 11.9 Å². The Kier molecular flexibility index (Phi) is 6.00. The number of carboxylic acids is 2. The van der Waals surface area contributed by atoms with Crippen molar-refractivity contribution in [1.82, 2.24) is 0 Å². The highest BCUT2D eigenvalue weighted by atomic mass is 16.6. The molecule has 0 fully saturated rings. The molecule has 0 aliphatic carbocycles. The van der Waals surface area contributed by atoms with Gasteiger partial charge < -0.3 is 10.2 Å². The summed E-state index contributed by atoms with van der Waals surface area (Å²) in [5.74, 6) is -2.36. The number of nitrogens with zero attached hydrogens (tertiary/aromatic N) is 1. The van der Waals surface area contributed by atoms with Crippen molar-refractivity contribution in [1.29, 1.82) is 0 Å². The minimum Gasteiger partial charge on any atom is -0.481 e. The molecule has 0 aromatic heterocycles. The van der Waals surface area contributed by atoms with E-state index in [0.717, 1.165) is 0 Å². The lowest BCUT2D eigenvalue weighted by Gasteiger charge is -2.03. The van der Waals surface area contributed by atoms with E-state index in [4.69, 9.17) is 10.2 Å². The zero-order valence-corrected chi connectivity index (χ0v) is 8.09. The molecule has 7 heteroatoms. The standard InChI is InChI=1S/C8H13NO6/c10-7(11)5-3-1-2-4-6(8(12)13)9(14)15/h6H,1-5H2,(H,10,11)(H,12,13). The van der Waals surface area contributed by atoms with Gasteiger partial charge in [0.15, 0.2) is 0 Å². The van der Waals surface area contributed by atoms with Gasteiger partial charge in [0.1, 0.15) is 0 Å². The second-order valence-corrected chi connectivity index (χ2v) is 3.13. The van der Waals surface area contributed by atoms with Crippen LogP contribution >= 0.6 is 0 Å². The summed E-state index contributed by atoms with van der Waals surface area (Å²) in [6, 6.07) is -1.57. The Morgan fingerprint density at radius 3 is 2.20 bits per heavy atom. The summed E-state index contributed by atoms with van der Waals surface area (Å²) in [5.41, 5.74) is 0. The number of aliphatic carboxylic acids is 2. The van der Waals surface area contributed by atoms with Gasteiger partial charge in [0.05, 0.1) is 0 Å². The van der Waals surface area contributed by atoms with Crippen molar-refractivity contribution in [2.24, 2.45) is 0 Å². The smallest absolute Gasteiger partial charge is 0.379 e. The Hall–Kier alpha value is -1.66. The minimum absolute atomic E-state index is 0.0101. The Morgan fingerprint density at radius 2 is 1.80 bits per heavy atom. The molecular formula is C8H13NO6. The predicted octanol–water partition coefficient (Wildman–Crippen LogP) is 0.751. The molecule has 0 heterocycles. The molecule has 0 saturated carbocycles. The second kappa shape index (κ2) is 6.74. The molecule has 0 spiro atoms. The second-order valence-electron chi connectivity index (χ2n) is 3.13. The summed E-state index contributed by atoms with van der Waals surface area (Å²) in [5, 5.41) is 27.0. The maximum Gasteiger partial charge on any atom is 0.379 e. The molecule has 15 heavy (non-hydrogen) atoms. The largest absolute Gasteiger partial charge is 0.481 e. The fourth-order valence-corrected chi connectivity index (χ4v) is 1.11. The van der Waals surface area contributed by atoms with Crippen LogP contribution in [-0.2, 0) is 9.59 Å². The zero-order valence-electron chi connectivity index (χ0n) is 8.09. The third kappa shape index (κ3) is 6.42. The Balaban J connectivity index is 3.68. The van der Waals surface area contributed by atoms with Crippen LogP contribution in [0, 0.1) is 10.1 Å². The summed E-state index contributed by atoms with van der Waals surface area (Å²) in [4.78, 5) is 29.9. The molecule has 86 valence electrons. The van der Waals surface area contributed by atoms with E-state index in [1.165, 1.54) is 0 Å². The van der Waals surface area contributed by atoms with E-state index in [0.29, 0.717) is 19.3 Å². The van der Waals surface area contributed by atoms with Gasteiger partial charge in [0, 0.05) is 17.8 Å². The number of carboxylic acid groups (broad SMARTS) is 2. The molecular weight excluding hydrogens is 206 g/mol. The van der Waals surface area contributed by atoms with Crippen LogP contribution in [0.25, 0.3) is 0 Å². The van der Waals surface area contributed by atoms with Gasteiger partial charge in [-0.1, -0.05) is 6.42 Å². The van der Waals surface area contributed by atoms with Crippen molar-refractivity contribution in [3.05, 3.63) is 10.1 Å². The van der Waals surface area contributed by atoms with E-state index < -0.39 is 22.9 Å². The zero-order chi connectivity index (χ0) is 11.8. The van der Waals surface area contributed by atoms with Crippen molar-refractivity contribution in [2.45, 2.75) is 38.1 Å². The van der Waals surface area contributed by atoms with Gasteiger partial charge in [0.25, 0.3) is 0 Å². The molecule has 0 aromatic carbocycles. The topological polar surface area (TPSA) is 118 Å². The number of hydrogen-bond donors (Lipinski definition) is 2. The number of carbonyl (C=O) groups is 2. The Bertz CT molecular complexity index is 238. The summed E-state index contributed by atoms with van der Waals surface area (Å²) < 4.78 is 0. The van der Waals surface area contributed by atoms with Crippen molar-refractivity contribution in [3.8, 4) is 0 Å². The molecule has 0 bridgehead atoms. The van der Waals surface area contributed by atoms with Gasteiger partial charge in [-0.25, -0.2) is 4.79 Å². The van der Waals surface area contributed by atoms with Gasteiger partial charge in [-0.15, -0.1) is 0 Å². The van der Waals surface area contributed by atoms with Crippen molar-refractivity contribution in [3.63, 3.8) is 0 Å². The number of nitro groups is 1. The van der Waals surface area contributed by atoms with Crippen LogP contribution in [-0.4, -0.2) is 33.1 Å². The average Bonchev–Trinajstić information content (AvgIpc) is 2.08. The fourth-order valence-electron chi connectivity index (χ4n) is 1.11. The first-order valence-electron chi connectivity index (χ1n) is 4.53. The summed E-state index contributed by atoms with van der Waals surface area (Å²) in [6.07, 6.45) is 1.21. The quantitative estimate of drug-likeness (QED) is 0.353. The van der Waals surface area contributed by atoms with Crippen LogP contribution in [0.4, 0.5) is 0 Å². The predicted molar refractivity (Wildman–Crippen MR) is 49.1 cm³/mol. The molecule has 0 rings (SSSR count). The lowest BCUT2D eigenvalue weighted by Crippen LogP contribution is -2.28. The maximum atomic E-state index is 10.4. The molecule has 0 aliphatic heterocycles. The number of unbranched alkanes of at least 4 members (excludes halogenated alkanes) is 2. The first kappa shape index (κ1) is 13.3. The van der Waals surface area contributed by atoms with Crippen molar-refractivity contribution in [2.75, 3.05) is 0 Å². The SMILES string of the molecule is O=C(O)CCCCCC(C(=O)O)[N+](=O)[O-]. The van der Waals surface area contributed by atoms with Crippen LogP contribution in [0.5, 0.6) is 0 Å². The van der Waals surface area contributed by atoms with Gasteiger partial charge >= 0.3 is 18.0 Å². The van der Waals surface area contributed by atoms with E-state index in [2.05, 4.69) is 0 Å². The highest BCUT2D eigenvalue weighted by molar-refractivity contribution is 5.71. The van der Waals surface area contributed by atoms with Crippen LogP contribution in [0.2, 0.25) is 0 Å². The third-order valence-corrected chi connectivity index (χ3v) is 1.91. The van der Waals surface area contributed by atoms with E-state index in [1.807, 2.05) is 0 Å². The number of hydrogen-bond acceptors (Lipinski definition) is 4. The van der Waals surface area contributed by atoms with Crippen LogP contribution in [0.1, 0.15) is 32.1 Å². The lowest BCUT2D eigenvalue weighted by molar-refractivity contribution is -0.511. The third-order valence-electron chi connectivity index (χ3n) is 1.91. The molecule has 0 saturated heterocycles. The highest BCUT2D eigenvalue weighted by Gasteiger charge is 2.27. The molecule has 7 nitrogen and oxygen atoms in total. The molecule has 1 unspecified atom stereocenters. The van der Waals surface area contributed by atoms with E-state index >= 15 is 0 Å². The van der Waals surface area contributed by atoms with Gasteiger partial charge in [-0.05, 0) is 12.8 Å². The normalized spacial score (nSPS) is 12.0. The number of rotatable bonds is 8. The van der Waals surface area contributed by atoms with Crippen molar-refractivity contribution < 1.29 is 24.7 Å². The molecule has 1 atom stereocenters. The van der Waals surface area contributed by atoms with Crippen LogP contribution < -0.4 is 0 Å². The fraction of sp³-hybridized carbons (Fsp3) is 0.750. The average molecular weight is 219 g/mol. The van der Waals surface area contributed by atoms with Gasteiger partial charge in [-0.2, -0.15) is 0 Å². The lowest BCUT2D eigenvalue weighted by atomic mass is 10.1. The summed E-state index contributed by atoms with van der Waals surface area (Å²) in [6.45, 7) is 0. The molecule has 0 radical (unpaired) electrons. The van der Waals surface area contributed by atoms with E-state index in [9.17, 15) is 19.7 Å². The van der Waals surface area contributed by atoms with Gasteiger partial charge in [0.2, 0.25) is 0 Å². The van der Waals surface area contributed by atoms with Gasteiger partial charge in [-0.3, -0.25) is 14.9 Å². The van der Waals surface area contributed by atoms with Crippen LogP contribution in [0.15, 0.2) is 0 Å². The van der Waals surface area contributed by atoms with E-state index in [-0.39, 0.29) is 12.8 Å². The Labute approximate surface area is 85.9 Å². The molecule has 0 amide bonds. The summed E-state index contributed by atoms with van der Waals surface area (Å²) >= 11 is 0. The molecule has 2 N–H and O–H groups in total. The minimum atomic E-state index is -1.57. The summed E-state index contributed by atoms with van der Waals surface area (Å²) in [7, 11) is 0. The first-order valence-corrected chi connectivity index (χ1v) is 4.53. The monoisotopic (exact) mass is 219 g/mol. The van der Waals surface area contributed by atoms with E-state index in [1.54, 1.807) is 0 Å².